The number of amides is 1. The maximum absolute atomic E-state index is 12.3. The summed E-state index contributed by atoms with van der Waals surface area (Å²) >= 11 is 5.83. The van der Waals surface area contributed by atoms with Crippen molar-refractivity contribution in [3.63, 3.8) is 0 Å². The molecule has 9 nitrogen and oxygen atoms in total. The van der Waals surface area contributed by atoms with Crippen molar-refractivity contribution < 1.29 is 17.9 Å². The standard InChI is InChI=1S/C12H12ClN5O4S/c1-6-15-11(18-12(16-6)22-2)17-10(19)7-4-3-5-8(13)9(7)23(14,20)21/h3-5H,1-2H3,(H2,14,20,21)(H,15,16,17,18,19). The second kappa shape index (κ2) is 6.44. The van der Waals surface area contributed by atoms with Crippen molar-refractivity contribution >= 4 is 33.5 Å². The molecule has 1 aromatic heterocycles. The molecule has 1 amide bonds. The molecule has 1 aromatic carbocycles. The van der Waals surface area contributed by atoms with Gasteiger partial charge in [0.15, 0.2) is 0 Å². The van der Waals surface area contributed by atoms with E-state index in [1.807, 2.05) is 0 Å². The van der Waals surface area contributed by atoms with E-state index in [4.69, 9.17) is 21.5 Å². The van der Waals surface area contributed by atoms with Crippen LogP contribution >= 0.6 is 11.6 Å². The number of aryl methyl sites for hydroxylation is 1. The van der Waals surface area contributed by atoms with E-state index in [1.54, 1.807) is 6.92 Å². The minimum absolute atomic E-state index is 0.00515. The van der Waals surface area contributed by atoms with Crippen LogP contribution in [0.4, 0.5) is 5.95 Å². The van der Waals surface area contributed by atoms with Crippen molar-refractivity contribution in [2.75, 3.05) is 12.4 Å². The summed E-state index contributed by atoms with van der Waals surface area (Å²) in [5.74, 6) is -0.575. The number of methoxy groups -OCH3 is 1. The van der Waals surface area contributed by atoms with E-state index in [9.17, 15) is 13.2 Å². The lowest BCUT2D eigenvalue weighted by Crippen LogP contribution is -2.22. The van der Waals surface area contributed by atoms with E-state index in [-0.39, 0.29) is 22.5 Å². The highest BCUT2D eigenvalue weighted by atomic mass is 35.5. The molecule has 0 fully saturated rings. The Labute approximate surface area is 136 Å². The monoisotopic (exact) mass is 357 g/mol. The fourth-order valence-electron chi connectivity index (χ4n) is 1.75. The molecule has 0 radical (unpaired) electrons. The van der Waals surface area contributed by atoms with Crippen LogP contribution in [-0.4, -0.2) is 36.4 Å². The van der Waals surface area contributed by atoms with Crippen molar-refractivity contribution in [2.45, 2.75) is 11.8 Å². The quantitative estimate of drug-likeness (QED) is 0.823. The summed E-state index contributed by atoms with van der Waals surface area (Å²) in [5.41, 5.74) is -0.225. The largest absolute Gasteiger partial charge is 0.467 e. The van der Waals surface area contributed by atoms with Crippen LogP contribution in [-0.2, 0) is 10.0 Å². The number of nitrogens with one attached hydrogen (secondary N) is 1. The number of rotatable bonds is 4. The second-order valence-corrected chi connectivity index (χ2v) is 6.21. The molecule has 3 N–H and O–H groups in total. The third kappa shape index (κ3) is 3.92. The molecule has 2 rings (SSSR count). The maximum atomic E-state index is 12.3. The third-order valence-electron chi connectivity index (χ3n) is 2.63. The first-order chi connectivity index (χ1) is 10.7. The number of sulfonamides is 1. The number of aromatic nitrogens is 3. The summed E-state index contributed by atoms with van der Waals surface area (Å²) in [6.45, 7) is 1.58. The first kappa shape index (κ1) is 17.1. The molecule has 0 aliphatic rings. The molecule has 0 aliphatic carbocycles. The van der Waals surface area contributed by atoms with Crippen molar-refractivity contribution in [1.29, 1.82) is 0 Å². The zero-order valence-electron chi connectivity index (χ0n) is 12.1. The van der Waals surface area contributed by atoms with Gasteiger partial charge in [-0.25, -0.2) is 13.6 Å². The van der Waals surface area contributed by atoms with E-state index in [0.29, 0.717) is 5.82 Å². The summed E-state index contributed by atoms with van der Waals surface area (Å²) in [7, 11) is -2.84. The van der Waals surface area contributed by atoms with Gasteiger partial charge in [-0.2, -0.15) is 15.0 Å². The van der Waals surface area contributed by atoms with Gasteiger partial charge in [0, 0.05) is 0 Å². The Bertz CT molecular complexity index is 872. The van der Waals surface area contributed by atoms with Gasteiger partial charge in [-0.05, 0) is 19.1 Å². The number of hydrogen-bond acceptors (Lipinski definition) is 7. The SMILES string of the molecule is COc1nc(C)nc(NC(=O)c2cccc(Cl)c2S(N)(=O)=O)n1. The summed E-state index contributed by atoms with van der Waals surface area (Å²) in [5, 5.41) is 7.30. The summed E-state index contributed by atoms with van der Waals surface area (Å²) in [4.78, 5) is 23.5. The lowest BCUT2D eigenvalue weighted by Gasteiger charge is -2.10. The number of benzene rings is 1. The molecule has 0 unspecified atom stereocenters. The van der Waals surface area contributed by atoms with Gasteiger partial charge < -0.3 is 4.74 Å². The van der Waals surface area contributed by atoms with E-state index in [0.717, 1.165) is 0 Å². The van der Waals surface area contributed by atoms with Crippen LogP contribution in [0, 0.1) is 6.92 Å². The summed E-state index contributed by atoms with van der Waals surface area (Å²) < 4.78 is 28.1. The molecule has 1 heterocycles. The second-order valence-electron chi connectivity index (χ2n) is 4.31. The fraction of sp³-hybridized carbons (Fsp3) is 0.167. The van der Waals surface area contributed by atoms with Crippen LogP contribution in [0.25, 0.3) is 0 Å². The average molecular weight is 358 g/mol. The van der Waals surface area contributed by atoms with Gasteiger partial charge in [0.2, 0.25) is 16.0 Å². The summed E-state index contributed by atoms with van der Waals surface area (Å²) in [6.07, 6.45) is 0. The van der Waals surface area contributed by atoms with Crippen molar-refractivity contribution in [1.82, 2.24) is 15.0 Å². The molecule has 0 spiro atoms. The predicted molar refractivity (Wildman–Crippen MR) is 81.9 cm³/mol. The van der Waals surface area contributed by atoms with Crippen molar-refractivity contribution in [3.8, 4) is 6.01 Å². The number of primary sulfonamides is 1. The number of carbonyl (C=O) groups is 1. The van der Waals surface area contributed by atoms with Crippen molar-refractivity contribution in [2.24, 2.45) is 5.14 Å². The van der Waals surface area contributed by atoms with Gasteiger partial charge in [-0.3, -0.25) is 10.1 Å². The number of halogens is 1. The van der Waals surface area contributed by atoms with Gasteiger partial charge in [-0.1, -0.05) is 17.7 Å². The Morgan fingerprint density at radius 3 is 2.61 bits per heavy atom. The number of ether oxygens (including phenoxy) is 1. The van der Waals surface area contributed by atoms with Gasteiger partial charge in [-0.15, -0.1) is 0 Å². The van der Waals surface area contributed by atoms with E-state index in [2.05, 4.69) is 20.3 Å². The number of nitrogens with zero attached hydrogens (tertiary/aromatic N) is 3. The lowest BCUT2D eigenvalue weighted by atomic mass is 10.2. The molecule has 23 heavy (non-hydrogen) atoms. The minimum Gasteiger partial charge on any atom is -0.467 e. The van der Waals surface area contributed by atoms with Crippen LogP contribution in [0.15, 0.2) is 23.1 Å². The Morgan fingerprint density at radius 1 is 1.30 bits per heavy atom. The molecular formula is C12H12ClN5O4S. The third-order valence-corrected chi connectivity index (χ3v) is 4.07. The number of carbonyl (C=O) groups excluding carboxylic acids is 1. The molecule has 122 valence electrons. The zero-order valence-corrected chi connectivity index (χ0v) is 13.6. The highest BCUT2D eigenvalue weighted by Gasteiger charge is 2.23. The van der Waals surface area contributed by atoms with Gasteiger partial charge in [0.05, 0.1) is 17.7 Å². The summed E-state index contributed by atoms with van der Waals surface area (Å²) in [6, 6.07) is 4.01. The van der Waals surface area contributed by atoms with Crippen LogP contribution in [0.5, 0.6) is 6.01 Å². The fourth-order valence-corrected chi connectivity index (χ4v) is 3.05. The molecule has 0 bridgehead atoms. The Morgan fingerprint density at radius 2 is 2.00 bits per heavy atom. The highest BCUT2D eigenvalue weighted by Crippen LogP contribution is 2.24. The molecule has 11 heteroatoms. The van der Waals surface area contributed by atoms with Crippen molar-refractivity contribution in [3.05, 3.63) is 34.6 Å². The molecule has 0 atom stereocenters. The first-order valence-electron chi connectivity index (χ1n) is 6.11. The Balaban J connectivity index is 2.43. The lowest BCUT2D eigenvalue weighted by molar-refractivity contribution is 0.102. The van der Waals surface area contributed by atoms with Gasteiger partial charge >= 0.3 is 6.01 Å². The smallest absolute Gasteiger partial charge is 0.321 e. The molecular weight excluding hydrogens is 346 g/mol. The van der Waals surface area contributed by atoms with E-state index >= 15 is 0 Å². The normalized spacial score (nSPS) is 11.1. The predicted octanol–water partition coefficient (Wildman–Crippen LogP) is 0.742. The van der Waals surface area contributed by atoms with E-state index in [1.165, 1.54) is 25.3 Å². The zero-order chi connectivity index (χ0) is 17.2. The maximum Gasteiger partial charge on any atom is 0.321 e. The van der Waals surface area contributed by atoms with Crippen LogP contribution in [0.3, 0.4) is 0 Å². The number of hydrogen-bond donors (Lipinski definition) is 2. The number of nitrogens with two attached hydrogens (primary N) is 1. The Kier molecular flexibility index (Phi) is 4.78. The van der Waals surface area contributed by atoms with Crippen LogP contribution in [0.1, 0.15) is 16.2 Å². The minimum atomic E-state index is -4.19. The van der Waals surface area contributed by atoms with Gasteiger partial charge in [0.25, 0.3) is 5.91 Å². The topological polar surface area (TPSA) is 137 Å². The first-order valence-corrected chi connectivity index (χ1v) is 8.04. The van der Waals surface area contributed by atoms with Crippen LogP contribution < -0.4 is 15.2 Å². The average Bonchev–Trinajstić information content (AvgIpc) is 2.44. The molecule has 2 aromatic rings. The molecule has 0 saturated heterocycles. The molecule has 0 saturated carbocycles. The number of anilines is 1. The van der Waals surface area contributed by atoms with Crippen LogP contribution in [0.2, 0.25) is 5.02 Å². The highest BCUT2D eigenvalue weighted by molar-refractivity contribution is 7.89. The van der Waals surface area contributed by atoms with E-state index < -0.39 is 20.8 Å². The van der Waals surface area contributed by atoms with Gasteiger partial charge in [0.1, 0.15) is 10.7 Å². The molecule has 0 aliphatic heterocycles. The Hall–Kier alpha value is -2.30.